The maximum atomic E-state index is 11.9. The van der Waals surface area contributed by atoms with Crippen LogP contribution in [0, 0.1) is 17.0 Å². The monoisotopic (exact) mass is 399 g/mol. The molecule has 9 nitrogen and oxygen atoms in total. The first kappa shape index (κ1) is 21.8. The van der Waals surface area contributed by atoms with E-state index in [0.717, 1.165) is 11.1 Å². The number of nitro groups is 1. The summed E-state index contributed by atoms with van der Waals surface area (Å²) in [6, 6.07) is 11.7. The molecule has 154 valence electrons. The van der Waals surface area contributed by atoms with E-state index in [9.17, 15) is 19.7 Å². The van der Waals surface area contributed by atoms with Crippen LogP contribution in [0.15, 0.2) is 42.5 Å². The summed E-state index contributed by atoms with van der Waals surface area (Å²) in [7, 11) is 0. The van der Waals surface area contributed by atoms with Gasteiger partial charge >= 0.3 is 11.8 Å². The first-order chi connectivity index (χ1) is 13.8. The molecule has 0 radical (unpaired) electrons. The smallest absolute Gasteiger partial charge is 0.313 e. The van der Waals surface area contributed by atoms with E-state index in [0.29, 0.717) is 24.3 Å². The van der Waals surface area contributed by atoms with Gasteiger partial charge in [0.1, 0.15) is 5.69 Å². The van der Waals surface area contributed by atoms with Gasteiger partial charge in [0, 0.05) is 30.9 Å². The number of nitrogens with one attached hydrogen (secondary N) is 3. The summed E-state index contributed by atoms with van der Waals surface area (Å²) < 4.78 is 0. The lowest BCUT2D eigenvalue weighted by atomic mass is 10.1. The third-order valence-electron chi connectivity index (χ3n) is 4.21. The second kappa shape index (κ2) is 10.2. The lowest BCUT2D eigenvalue weighted by Crippen LogP contribution is -2.36. The summed E-state index contributed by atoms with van der Waals surface area (Å²) in [5.74, 6) is -1.51. The molecule has 0 bridgehead atoms. The molecular weight excluding hydrogens is 374 g/mol. The maximum Gasteiger partial charge on any atom is 0.313 e. The molecule has 1 atom stereocenters. The fourth-order valence-corrected chi connectivity index (χ4v) is 2.59. The summed E-state index contributed by atoms with van der Waals surface area (Å²) in [6.07, 6.45) is 0.493. The highest BCUT2D eigenvalue weighted by molar-refractivity contribution is 6.39. The SMILES string of the molecule is Cc1ccc(NCCCNC(=O)C(=O)Nc2ccc(C(C)N)cc2)c([N+](=O)[O-])c1. The number of aryl methyl sites for hydroxylation is 1. The van der Waals surface area contributed by atoms with Crippen molar-refractivity contribution in [2.24, 2.45) is 5.73 Å². The average molecular weight is 399 g/mol. The molecule has 29 heavy (non-hydrogen) atoms. The molecule has 0 spiro atoms. The van der Waals surface area contributed by atoms with E-state index in [1.54, 1.807) is 43.3 Å². The average Bonchev–Trinajstić information content (AvgIpc) is 2.68. The van der Waals surface area contributed by atoms with Crippen LogP contribution in [0.3, 0.4) is 0 Å². The number of nitro benzene ring substituents is 1. The number of nitrogens with two attached hydrogens (primary N) is 1. The predicted molar refractivity (Wildman–Crippen MR) is 112 cm³/mol. The first-order valence-corrected chi connectivity index (χ1v) is 9.21. The summed E-state index contributed by atoms with van der Waals surface area (Å²) >= 11 is 0. The normalized spacial score (nSPS) is 11.4. The zero-order valence-electron chi connectivity index (χ0n) is 16.4. The lowest BCUT2D eigenvalue weighted by molar-refractivity contribution is -0.384. The van der Waals surface area contributed by atoms with Crippen molar-refractivity contribution in [3.8, 4) is 0 Å². The first-order valence-electron chi connectivity index (χ1n) is 9.21. The molecule has 2 aromatic rings. The number of carbonyl (C=O) groups excluding carboxylic acids is 2. The molecule has 0 aromatic heterocycles. The molecule has 1 unspecified atom stereocenters. The minimum Gasteiger partial charge on any atom is -0.379 e. The van der Waals surface area contributed by atoms with Crippen LogP contribution in [0.25, 0.3) is 0 Å². The van der Waals surface area contributed by atoms with Gasteiger partial charge in [0.25, 0.3) is 5.69 Å². The third-order valence-corrected chi connectivity index (χ3v) is 4.21. The van der Waals surface area contributed by atoms with Crippen molar-refractivity contribution in [2.45, 2.75) is 26.3 Å². The molecule has 0 heterocycles. The van der Waals surface area contributed by atoms with Crippen LogP contribution in [0.2, 0.25) is 0 Å². The van der Waals surface area contributed by atoms with E-state index >= 15 is 0 Å². The zero-order valence-corrected chi connectivity index (χ0v) is 16.4. The fraction of sp³-hybridized carbons (Fsp3) is 0.300. The minimum atomic E-state index is -0.763. The van der Waals surface area contributed by atoms with Crippen LogP contribution in [0.5, 0.6) is 0 Å². The molecule has 2 aromatic carbocycles. The third kappa shape index (κ3) is 6.58. The van der Waals surface area contributed by atoms with E-state index < -0.39 is 16.7 Å². The van der Waals surface area contributed by atoms with E-state index in [4.69, 9.17) is 5.73 Å². The van der Waals surface area contributed by atoms with E-state index in [1.807, 2.05) is 6.92 Å². The van der Waals surface area contributed by atoms with Crippen molar-refractivity contribution in [1.29, 1.82) is 0 Å². The number of rotatable bonds is 8. The van der Waals surface area contributed by atoms with Crippen molar-refractivity contribution in [3.05, 3.63) is 63.7 Å². The Bertz CT molecular complexity index is 881. The Balaban J connectivity index is 1.74. The van der Waals surface area contributed by atoms with E-state index in [1.165, 1.54) is 6.07 Å². The lowest BCUT2D eigenvalue weighted by Gasteiger charge is -2.10. The summed E-state index contributed by atoms with van der Waals surface area (Å²) in [5.41, 5.74) is 8.42. The van der Waals surface area contributed by atoms with Crippen LogP contribution in [0.4, 0.5) is 17.1 Å². The molecule has 0 aliphatic heterocycles. The van der Waals surface area contributed by atoms with E-state index in [2.05, 4.69) is 16.0 Å². The Kier molecular flexibility index (Phi) is 7.67. The second-order valence-electron chi connectivity index (χ2n) is 6.68. The van der Waals surface area contributed by atoms with Gasteiger partial charge in [-0.15, -0.1) is 0 Å². The number of hydrogen-bond acceptors (Lipinski definition) is 6. The number of nitrogens with zero attached hydrogens (tertiary/aromatic N) is 1. The number of carbonyl (C=O) groups is 2. The molecular formula is C20H25N5O4. The van der Waals surface area contributed by atoms with Crippen LogP contribution in [-0.4, -0.2) is 29.8 Å². The number of benzene rings is 2. The van der Waals surface area contributed by atoms with Gasteiger partial charge in [0.05, 0.1) is 4.92 Å². The van der Waals surface area contributed by atoms with Gasteiger partial charge in [0.15, 0.2) is 0 Å². The van der Waals surface area contributed by atoms with Gasteiger partial charge in [-0.05, 0) is 49.6 Å². The number of amides is 2. The molecule has 0 aliphatic carbocycles. The summed E-state index contributed by atoms with van der Waals surface area (Å²) in [5, 5.41) is 19.1. The standard InChI is InChI=1S/C20H25N5O4/c1-13-4-9-17(18(12-13)25(28)29)22-10-3-11-23-19(26)20(27)24-16-7-5-15(6-8-16)14(2)21/h4-9,12,14,22H,3,10-11,21H2,1-2H3,(H,23,26)(H,24,27). The molecule has 0 fully saturated rings. The Morgan fingerprint density at radius 3 is 2.41 bits per heavy atom. The molecule has 0 saturated heterocycles. The van der Waals surface area contributed by atoms with Crippen molar-refractivity contribution in [1.82, 2.24) is 5.32 Å². The van der Waals surface area contributed by atoms with Crippen LogP contribution < -0.4 is 21.7 Å². The van der Waals surface area contributed by atoms with Crippen molar-refractivity contribution in [3.63, 3.8) is 0 Å². The fourth-order valence-electron chi connectivity index (χ4n) is 2.59. The highest BCUT2D eigenvalue weighted by Gasteiger charge is 2.14. The molecule has 0 aliphatic rings. The van der Waals surface area contributed by atoms with Crippen molar-refractivity contribution >= 4 is 28.9 Å². The van der Waals surface area contributed by atoms with Crippen LogP contribution in [-0.2, 0) is 9.59 Å². The number of anilines is 2. The van der Waals surface area contributed by atoms with Crippen molar-refractivity contribution in [2.75, 3.05) is 23.7 Å². The topological polar surface area (TPSA) is 139 Å². The molecule has 9 heteroatoms. The molecule has 5 N–H and O–H groups in total. The van der Waals surface area contributed by atoms with Crippen molar-refractivity contribution < 1.29 is 14.5 Å². The highest BCUT2D eigenvalue weighted by atomic mass is 16.6. The van der Waals surface area contributed by atoms with Gasteiger partial charge in [-0.3, -0.25) is 19.7 Å². The summed E-state index contributed by atoms with van der Waals surface area (Å²) in [4.78, 5) is 34.5. The number of hydrogen-bond donors (Lipinski definition) is 4. The van der Waals surface area contributed by atoms with E-state index in [-0.39, 0.29) is 18.3 Å². The predicted octanol–water partition coefficient (Wildman–Crippen LogP) is 2.48. The maximum absolute atomic E-state index is 11.9. The highest BCUT2D eigenvalue weighted by Crippen LogP contribution is 2.25. The van der Waals surface area contributed by atoms with Crippen LogP contribution in [0.1, 0.15) is 30.5 Å². The van der Waals surface area contributed by atoms with Gasteiger partial charge in [-0.1, -0.05) is 18.2 Å². The molecule has 0 saturated carbocycles. The Morgan fingerprint density at radius 1 is 1.10 bits per heavy atom. The Hall–Kier alpha value is -3.46. The second-order valence-corrected chi connectivity index (χ2v) is 6.68. The van der Waals surface area contributed by atoms with Gasteiger partial charge < -0.3 is 21.7 Å². The molecule has 2 rings (SSSR count). The van der Waals surface area contributed by atoms with Crippen LogP contribution >= 0.6 is 0 Å². The van der Waals surface area contributed by atoms with Gasteiger partial charge in [-0.25, -0.2) is 0 Å². The minimum absolute atomic E-state index is 0.00320. The quantitative estimate of drug-likeness (QED) is 0.233. The van der Waals surface area contributed by atoms with Gasteiger partial charge in [0.2, 0.25) is 0 Å². The van der Waals surface area contributed by atoms with Gasteiger partial charge in [-0.2, -0.15) is 0 Å². The largest absolute Gasteiger partial charge is 0.379 e. The molecule has 2 amide bonds. The Labute approximate surface area is 168 Å². The Morgan fingerprint density at radius 2 is 1.79 bits per heavy atom. The summed E-state index contributed by atoms with van der Waals surface area (Å²) in [6.45, 7) is 4.30. The zero-order chi connectivity index (χ0) is 21.4.